The predicted molar refractivity (Wildman–Crippen MR) is 107 cm³/mol. The number of carbonyl (C=O) groups is 1. The lowest BCUT2D eigenvalue weighted by Crippen LogP contribution is -2.11. The molecule has 0 atom stereocenters. The van der Waals surface area contributed by atoms with Crippen molar-refractivity contribution < 1.29 is 17.9 Å². The Kier molecular flexibility index (Phi) is 4.46. The van der Waals surface area contributed by atoms with Gasteiger partial charge in [0, 0.05) is 21.2 Å². The Morgan fingerprint density at radius 3 is 2.59 bits per heavy atom. The van der Waals surface area contributed by atoms with Gasteiger partial charge in [0.2, 0.25) is 0 Å². The average molecular weight is 420 g/mol. The van der Waals surface area contributed by atoms with Gasteiger partial charge in [-0.3, -0.25) is 4.79 Å². The molecule has 3 aromatic rings. The van der Waals surface area contributed by atoms with Gasteiger partial charge in [0.25, 0.3) is 5.91 Å². The Morgan fingerprint density at radius 1 is 1.15 bits per heavy atom. The predicted octanol–water partition coefficient (Wildman–Crippen LogP) is 4.62. The zero-order valence-corrected chi connectivity index (χ0v) is 16.5. The Hall–Kier alpha value is -2.35. The summed E-state index contributed by atoms with van der Waals surface area (Å²) in [6.07, 6.45) is 0. The number of anilines is 1. The van der Waals surface area contributed by atoms with Crippen molar-refractivity contribution in [3.63, 3.8) is 0 Å². The molecule has 0 unspecified atom stereocenters. The fourth-order valence-electron chi connectivity index (χ4n) is 2.97. The normalized spacial score (nSPS) is 14.1. The van der Waals surface area contributed by atoms with Crippen LogP contribution in [-0.2, 0) is 15.6 Å². The van der Waals surface area contributed by atoms with E-state index in [9.17, 15) is 13.2 Å². The number of halogens is 1. The summed E-state index contributed by atoms with van der Waals surface area (Å²) in [7, 11) is -1.91. The van der Waals surface area contributed by atoms with Crippen LogP contribution in [0.1, 0.15) is 15.2 Å². The highest BCUT2D eigenvalue weighted by atomic mass is 35.5. The number of rotatable bonds is 3. The molecular weight excluding hydrogens is 406 g/mol. The summed E-state index contributed by atoms with van der Waals surface area (Å²) in [5.41, 5.74) is 1.86. The molecule has 5 nitrogen and oxygen atoms in total. The van der Waals surface area contributed by atoms with Crippen LogP contribution in [0.25, 0.3) is 10.4 Å². The van der Waals surface area contributed by atoms with E-state index in [2.05, 4.69) is 5.32 Å². The van der Waals surface area contributed by atoms with E-state index >= 15 is 0 Å². The first kappa shape index (κ1) is 18.0. The Morgan fingerprint density at radius 2 is 1.89 bits per heavy atom. The lowest BCUT2D eigenvalue weighted by molar-refractivity contribution is 0.103. The SMILES string of the molecule is COc1ccc(NC(=O)c2cc3c(s2)-c2ccc(Cl)cc2S(=O)(=O)C3)cc1. The van der Waals surface area contributed by atoms with Crippen molar-refractivity contribution in [1.82, 2.24) is 0 Å². The maximum Gasteiger partial charge on any atom is 0.265 e. The third-order valence-electron chi connectivity index (χ3n) is 4.25. The van der Waals surface area contributed by atoms with E-state index in [0.717, 1.165) is 4.88 Å². The molecule has 1 aliphatic heterocycles. The summed E-state index contributed by atoms with van der Waals surface area (Å²) in [5, 5.41) is 3.19. The average Bonchev–Trinajstić information content (AvgIpc) is 3.06. The topological polar surface area (TPSA) is 72.5 Å². The molecule has 0 saturated heterocycles. The molecule has 0 bridgehead atoms. The minimum atomic E-state index is -3.48. The van der Waals surface area contributed by atoms with Gasteiger partial charge in [-0.25, -0.2) is 8.42 Å². The largest absolute Gasteiger partial charge is 0.497 e. The van der Waals surface area contributed by atoms with E-state index in [1.165, 1.54) is 17.4 Å². The second-order valence-electron chi connectivity index (χ2n) is 6.05. The number of hydrogen-bond donors (Lipinski definition) is 1. The number of methoxy groups -OCH3 is 1. The van der Waals surface area contributed by atoms with Crippen LogP contribution in [0.3, 0.4) is 0 Å². The molecule has 2 aromatic carbocycles. The van der Waals surface area contributed by atoms with Crippen LogP contribution in [0, 0.1) is 0 Å². The fourth-order valence-corrected chi connectivity index (χ4v) is 6.08. The first-order valence-corrected chi connectivity index (χ1v) is 10.8. The van der Waals surface area contributed by atoms with Gasteiger partial charge in [-0.1, -0.05) is 17.7 Å². The van der Waals surface area contributed by atoms with Crippen LogP contribution < -0.4 is 10.1 Å². The fraction of sp³-hybridized carbons (Fsp3) is 0.105. The number of ether oxygens (including phenoxy) is 1. The first-order valence-electron chi connectivity index (χ1n) is 7.98. The van der Waals surface area contributed by atoms with Gasteiger partial charge >= 0.3 is 0 Å². The molecule has 0 saturated carbocycles. The molecule has 4 rings (SSSR count). The van der Waals surface area contributed by atoms with Gasteiger partial charge in [0.15, 0.2) is 9.84 Å². The molecular formula is C19H14ClNO4S2. The van der Waals surface area contributed by atoms with Crippen LogP contribution >= 0.6 is 22.9 Å². The Bertz CT molecular complexity index is 1150. The highest BCUT2D eigenvalue weighted by Gasteiger charge is 2.31. The molecule has 0 aliphatic carbocycles. The summed E-state index contributed by atoms with van der Waals surface area (Å²) in [4.78, 5) is 14.1. The summed E-state index contributed by atoms with van der Waals surface area (Å²) in [5.74, 6) is 0.273. The number of thiophene rings is 1. The Balaban J connectivity index is 1.68. The van der Waals surface area contributed by atoms with E-state index < -0.39 is 9.84 Å². The maximum atomic E-state index is 12.6. The van der Waals surface area contributed by atoms with Crippen molar-refractivity contribution in [3.8, 4) is 16.2 Å². The number of fused-ring (bicyclic) bond motifs is 3. The number of carbonyl (C=O) groups excluding carboxylic acids is 1. The third kappa shape index (κ3) is 3.34. The molecule has 1 amide bonds. The highest BCUT2D eigenvalue weighted by Crippen LogP contribution is 2.43. The van der Waals surface area contributed by atoms with Gasteiger partial charge in [-0.15, -0.1) is 11.3 Å². The smallest absolute Gasteiger partial charge is 0.265 e. The van der Waals surface area contributed by atoms with Gasteiger partial charge in [-0.2, -0.15) is 0 Å². The second kappa shape index (κ2) is 6.67. The highest BCUT2D eigenvalue weighted by molar-refractivity contribution is 7.91. The third-order valence-corrected chi connectivity index (χ3v) is 7.39. The van der Waals surface area contributed by atoms with Crippen LogP contribution in [0.2, 0.25) is 5.02 Å². The van der Waals surface area contributed by atoms with Gasteiger partial charge < -0.3 is 10.1 Å². The molecule has 0 spiro atoms. The van der Waals surface area contributed by atoms with Gasteiger partial charge in [0.05, 0.1) is 22.6 Å². The lowest BCUT2D eigenvalue weighted by atomic mass is 10.1. The van der Waals surface area contributed by atoms with Crippen molar-refractivity contribution in [2.45, 2.75) is 10.6 Å². The van der Waals surface area contributed by atoms with Crippen LogP contribution in [0.5, 0.6) is 5.75 Å². The number of nitrogens with one attached hydrogen (secondary N) is 1. The standard InChI is InChI=1S/C19H14ClNO4S2/c1-25-14-5-3-13(4-6-14)21-19(22)16-8-11-10-27(23,24)17-9-12(20)2-7-15(17)18(11)26-16/h2-9H,10H2,1H3,(H,21,22). The van der Waals surface area contributed by atoms with E-state index in [1.54, 1.807) is 49.6 Å². The number of amides is 1. The van der Waals surface area contributed by atoms with E-state index in [4.69, 9.17) is 16.3 Å². The summed E-state index contributed by atoms with van der Waals surface area (Å²) < 4.78 is 30.2. The van der Waals surface area contributed by atoms with Crippen molar-refractivity contribution in [2.24, 2.45) is 0 Å². The number of hydrogen-bond acceptors (Lipinski definition) is 5. The van der Waals surface area contributed by atoms with Gasteiger partial charge in [-0.05, 0) is 48.0 Å². The molecule has 27 heavy (non-hydrogen) atoms. The first-order chi connectivity index (χ1) is 12.9. The molecule has 1 aliphatic rings. The summed E-state index contributed by atoms with van der Waals surface area (Å²) >= 11 is 7.24. The van der Waals surface area contributed by atoms with Crippen LogP contribution in [-0.4, -0.2) is 21.4 Å². The lowest BCUT2D eigenvalue weighted by Gasteiger charge is -2.16. The summed E-state index contributed by atoms with van der Waals surface area (Å²) in [6, 6.07) is 13.4. The zero-order chi connectivity index (χ0) is 19.2. The quantitative estimate of drug-likeness (QED) is 0.672. The maximum absolute atomic E-state index is 12.6. The zero-order valence-electron chi connectivity index (χ0n) is 14.2. The molecule has 2 heterocycles. The summed E-state index contributed by atoms with van der Waals surface area (Å²) in [6.45, 7) is 0. The van der Waals surface area contributed by atoms with Crippen LogP contribution in [0.4, 0.5) is 5.69 Å². The van der Waals surface area contributed by atoms with Crippen molar-refractivity contribution in [2.75, 3.05) is 12.4 Å². The molecule has 1 N–H and O–H groups in total. The number of benzene rings is 2. The van der Waals surface area contributed by atoms with E-state index in [1.807, 2.05) is 0 Å². The minimum absolute atomic E-state index is 0.137. The second-order valence-corrected chi connectivity index (χ2v) is 9.49. The van der Waals surface area contributed by atoms with Crippen molar-refractivity contribution >= 4 is 44.4 Å². The Labute approximate surface area is 165 Å². The van der Waals surface area contributed by atoms with E-state index in [0.29, 0.717) is 32.5 Å². The van der Waals surface area contributed by atoms with Crippen molar-refractivity contribution in [3.05, 3.63) is 64.0 Å². The monoisotopic (exact) mass is 419 g/mol. The molecule has 8 heteroatoms. The molecule has 0 radical (unpaired) electrons. The van der Waals surface area contributed by atoms with Crippen molar-refractivity contribution in [1.29, 1.82) is 0 Å². The van der Waals surface area contributed by atoms with E-state index in [-0.39, 0.29) is 16.6 Å². The number of sulfone groups is 1. The molecule has 1 aromatic heterocycles. The van der Waals surface area contributed by atoms with Gasteiger partial charge in [0.1, 0.15) is 5.75 Å². The minimum Gasteiger partial charge on any atom is -0.497 e. The van der Waals surface area contributed by atoms with Crippen LogP contribution in [0.15, 0.2) is 53.4 Å². The molecule has 138 valence electrons. The molecule has 0 fully saturated rings.